The average Bonchev–Trinajstić information content (AvgIpc) is 2.67. The van der Waals surface area contributed by atoms with Gasteiger partial charge in [-0.15, -0.1) is 0 Å². The van der Waals surface area contributed by atoms with E-state index < -0.39 is 0 Å². The number of likely N-dealkylation sites (tertiary alicyclic amines) is 1. The molecule has 2 rings (SSSR count). The van der Waals surface area contributed by atoms with Crippen LogP contribution in [-0.2, 0) is 0 Å². The highest BCUT2D eigenvalue weighted by atomic mass is 15.2. The third kappa shape index (κ3) is 2.02. The predicted octanol–water partition coefficient (Wildman–Crippen LogP) is 2.56. The van der Waals surface area contributed by atoms with E-state index in [0.29, 0.717) is 6.54 Å². The van der Waals surface area contributed by atoms with Crippen LogP contribution >= 0.6 is 0 Å². The van der Waals surface area contributed by atoms with E-state index in [1.807, 2.05) is 0 Å². The lowest BCUT2D eigenvalue weighted by molar-refractivity contribution is 0.117. The van der Waals surface area contributed by atoms with Crippen LogP contribution < -0.4 is 0 Å². The van der Waals surface area contributed by atoms with Crippen molar-refractivity contribution in [3.8, 4) is 0 Å². The van der Waals surface area contributed by atoms with Crippen LogP contribution in [0.4, 0.5) is 0 Å². The molecule has 0 N–H and O–H groups in total. The molecule has 2 aliphatic rings. The van der Waals surface area contributed by atoms with Gasteiger partial charge >= 0.3 is 0 Å². The van der Waals surface area contributed by atoms with Gasteiger partial charge in [0.2, 0.25) is 0 Å². The number of azide groups is 1. The summed E-state index contributed by atoms with van der Waals surface area (Å²) < 4.78 is 0. The Hall–Kier alpha value is -0.730. The SMILES string of the molecule is [N-]=[N+]=NCCN1CCCC2CCCC21. The number of fused-ring (bicyclic) bond motifs is 1. The summed E-state index contributed by atoms with van der Waals surface area (Å²) in [5, 5.41) is 3.62. The van der Waals surface area contributed by atoms with Crippen molar-refractivity contribution < 1.29 is 0 Å². The van der Waals surface area contributed by atoms with Crippen LogP contribution in [0.3, 0.4) is 0 Å². The molecule has 78 valence electrons. The first-order valence-corrected chi connectivity index (χ1v) is 5.66. The molecule has 1 saturated carbocycles. The zero-order valence-corrected chi connectivity index (χ0v) is 8.60. The maximum Gasteiger partial charge on any atom is 0.0385 e. The van der Waals surface area contributed by atoms with Gasteiger partial charge in [-0.25, -0.2) is 0 Å². The lowest BCUT2D eigenvalue weighted by atomic mass is 9.92. The first kappa shape index (κ1) is 9.81. The first-order chi connectivity index (χ1) is 6.92. The molecule has 2 fully saturated rings. The summed E-state index contributed by atoms with van der Waals surface area (Å²) in [5.74, 6) is 0.940. The molecule has 0 aromatic carbocycles. The van der Waals surface area contributed by atoms with Crippen molar-refractivity contribution in [2.75, 3.05) is 19.6 Å². The lowest BCUT2D eigenvalue weighted by Crippen LogP contribution is -2.43. The van der Waals surface area contributed by atoms with Crippen molar-refractivity contribution in [1.29, 1.82) is 0 Å². The van der Waals surface area contributed by atoms with Gasteiger partial charge in [0.05, 0.1) is 0 Å². The quantitative estimate of drug-likeness (QED) is 0.387. The molecule has 0 aromatic heterocycles. The maximum atomic E-state index is 8.22. The lowest BCUT2D eigenvalue weighted by Gasteiger charge is -2.37. The van der Waals surface area contributed by atoms with Crippen LogP contribution in [0.15, 0.2) is 5.11 Å². The maximum absolute atomic E-state index is 8.22. The molecule has 4 heteroatoms. The van der Waals surface area contributed by atoms with Crippen LogP contribution in [-0.4, -0.2) is 30.6 Å². The summed E-state index contributed by atoms with van der Waals surface area (Å²) in [7, 11) is 0. The monoisotopic (exact) mass is 194 g/mol. The van der Waals surface area contributed by atoms with E-state index in [2.05, 4.69) is 14.9 Å². The van der Waals surface area contributed by atoms with Crippen LogP contribution in [0.1, 0.15) is 32.1 Å². The smallest absolute Gasteiger partial charge is 0.0385 e. The Balaban J connectivity index is 1.86. The number of hydrogen-bond acceptors (Lipinski definition) is 2. The molecule has 2 atom stereocenters. The fourth-order valence-electron chi connectivity index (χ4n) is 3.05. The third-order valence-corrected chi connectivity index (χ3v) is 3.66. The second-order valence-corrected chi connectivity index (χ2v) is 4.39. The Kier molecular flexibility index (Phi) is 3.27. The minimum Gasteiger partial charge on any atom is -0.300 e. The average molecular weight is 194 g/mol. The fraction of sp³-hybridized carbons (Fsp3) is 1.00. The first-order valence-electron chi connectivity index (χ1n) is 5.66. The minimum atomic E-state index is 0.639. The summed E-state index contributed by atoms with van der Waals surface area (Å²) >= 11 is 0. The van der Waals surface area contributed by atoms with Crippen LogP contribution in [0, 0.1) is 5.92 Å². The molecular weight excluding hydrogens is 176 g/mol. The molecule has 0 spiro atoms. The second-order valence-electron chi connectivity index (χ2n) is 4.39. The number of nitrogens with zero attached hydrogens (tertiary/aromatic N) is 4. The molecule has 1 aliphatic carbocycles. The normalized spacial score (nSPS) is 32.3. The topological polar surface area (TPSA) is 52.0 Å². The van der Waals surface area contributed by atoms with Crippen LogP contribution in [0.2, 0.25) is 0 Å². The fourth-order valence-corrected chi connectivity index (χ4v) is 3.05. The summed E-state index contributed by atoms with van der Waals surface area (Å²) in [4.78, 5) is 5.34. The molecule has 4 nitrogen and oxygen atoms in total. The summed E-state index contributed by atoms with van der Waals surface area (Å²) in [6.45, 7) is 2.81. The zero-order valence-electron chi connectivity index (χ0n) is 8.60. The summed E-state index contributed by atoms with van der Waals surface area (Å²) in [6, 6.07) is 0.803. The van der Waals surface area contributed by atoms with Gasteiger partial charge in [-0.2, -0.15) is 0 Å². The van der Waals surface area contributed by atoms with Gasteiger partial charge in [0.15, 0.2) is 0 Å². The van der Waals surface area contributed by atoms with Crippen molar-refractivity contribution in [2.24, 2.45) is 11.0 Å². The minimum absolute atomic E-state index is 0.639. The van der Waals surface area contributed by atoms with Crippen molar-refractivity contribution in [1.82, 2.24) is 4.90 Å². The molecule has 0 amide bonds. The number of piperidine rings is 1. The zero-order chi connectivity index (χ0) is 9.80. The van der Waals surface area contributed by atoms with E-state index in [4.69, 9.17) is 5.53 Å². The van der Waals surface area contributed by atoms with Crippen LogP contribution in [0.25, 0.3) is 10.4 Å². The largest absolute Gasteiger partial charge is 0.300 e. The molecule has 0 aromatic rings. The van der Waals surface area contributed by atoms with Crippen LogP contribution in [0.5, 0.6) is 0 Å². The molecule has 0 bridgehead atoms. The summed E-state index contributed by atoms with van der Waals surface area (Å²) in [5.41, 5.74) is 8.22. The molecule has 0 radical (unpaired) electrons. The predicted molar refractivity (Wildman–Crippen MR) is 55.9 cm³/mol. The van der Waals surface area contributed by atoms with Crippen molar-refractivity contribution in [3.63, 3.8) is 0 Å². The Labute approximate surface area is 84.9 Å². The van der Waals surface area contributed by atoms with Gasteiger partial charge in [0.1, 0.15) is 0 Å². The van der Waals surface area contributed by atoms with Crippen molar-refractivity contribution in [3.05, 3.63) is 10.4 Å². The molecule has 1 aliphatic heterocycles. The molecular formula is C10H18N4. The van der Waals surface area contributed by atoms with Crippen molar-refractivity contribution in [2.45, 2.75) is 38.1 Å². The highest BCUT2D eigenvalue weighted by Gasteiger charge is 2.34. The van der Waals surface area contributed by atoms with Crippen molar-refractivity contribution >= 4 is 0 Å². The van der Waals surface area contributed by atoms with E-state index in [-0.39, 0.29) is 0 Å². The van der Waals surface area contributed by atoms with E-state index in [0.717, 1.165) is 18.5 Å². The molecule has 1 saturated heterocycles. The van der Waals surface area contributed by atoms with Gasteiger partial charge in [-0.3, -0.25) is 4.90 Å². The standard InChI is InChI=1S/C10H18N4/c11-13-12-6-8-14-7-2-4-9-3-1-5-10(9)14/h9-10H,1-8H2. The Morgan fingerprint density at radius 3 is 3.00 bits per heavy atom. The van der Waals surface area contributed by atoms with E-state index in [9.17, 15) is 0 Å². The Morgan fingerprint density at radius 2 is 2.14 bits per heavy atom. The van der Waals surface area contributed by atoms with Gasteiger partial charge in [-0.1, -0.05) is 11.5 Å². The number of rotatable bonds is 3. The number of hydrogen-bond donors (Lipinski definition) is 0. The molecule has 14 heavy (non-hydrogen) atoms. The molecule has 1 heterocycles. The van der Waals surface area contributed by atoms with E-state index >= 15 is 0 Å². The highest BCUT2D eigenvalue weighted by molar-refractivity contribution is 4.89. The van der Waals surface area contributed by atoms with E-state index in [1.165, 1.54) is 38.6 Å². The highest BCUT2D eigenvalue weighted by Crippen LogP contribution is 2.36. The van der Waals surface area contributed by atoms with Gasteiger partial charge in [-0.05, 0) is 43.7 Å². The Morgan fingerprint density at radius 1 is 1.29 bits per heavy atom. The van der Waals surface area contributed by atoms with Gasteiger partial charge in [0.25, 0.3) is 0 Å². The Bertz CT molecular complexity index is 234. The van der Waals surface area contributed by atoms with Gasteiger partial charge in [0, 0.05) is 24.0 Å². The summed E-state index contributed by atoms with van der Waals surface area (Å²) in [6.07, 6.45) is 6.93. The third-order valence-electron chi connectivity index (χ3n) is 3.66. The van der Waals surface area contributed by atoms with Gasteiger partial charge < -0.3 is 0 Å². The second kappa shape index (κ2) is 4.67. The van der Waals surface area contributed by atoms with E-state index in [1.54, 1.807) is 0 Å². The molecule has 2 unspecified atom stereocenters.